The summed E-state index contributed by atoms with van der Waals surface area (Å²) in [6.45, 7) is 2.93. The van der Waals surface area contributed by atoms with Gasteiger partial charge in [0.2, 0.25) is 5.90 Å². The van der Waals surface area contributed by atoms with Crippen LogP contribution >= 0.6 is 0 Å². The zero-order valence-electron chi connectivity index (χ0n) is 9.38. The summed E-state index contributed by atoms with van der Waals surface area (Å²) in [7, 11) is -3.67. The number of Topliss-reactive ketones (excluding diaryl/α,β-unsaturated/α-hetero) is 1. The van der Waals surface area contributed by atoms with Gasteiger partial charge in [-0.05, 0) is 26.0 Å². The van der Waals surface area contributed by atoms with Crippen LogP contribution in [0.25, 0.3) is 0 Å². The second-order valence-corrected chi connectivity index (χ2v) is 5.31. The zero-order valence-corrected chi connectivity index (χ0v) is 10.2. The third kappa shape index (κ3) is 2.08. The number of fused-ring (bicyclic) bond motifs is 1. The van der Waals surface area contributed by atoms with Gasteiger partial charge in [-0.1, -0.05) is 12.1 Å². The molecule has 0 N–H and O–H groups in total. The van der Waals surface area contributed by atoms with Gasteiger partial charge >= 0.3 is 0 Å². The Labute approximate surface area is 99.2 Å². The summed E-state index contributed by atoms with van der Waals surface area (Å²) in [4.78, 5) is 11.2. The molecule has 1 aromatic carbocycles. The molecule has 90 valence electrons. The van der Waals surface area contributed by atoms with Crippen molar-refractivity contribution in [3.63, 3.8) is 0 Å². The molecule has 1 heterocycles. The molecule has 0 bridgehead atoms. The number of carbonyl (C=O) groups excluding carboxylic acids is 1. The fourth-order valence-corrected chi connectivity index (χ4v) is 2.55. The number of hydrogen-bond donors (Lipinski definition) is 0. The van der Waals surface area contributed by atoms with Crippen molar-refractivity contribution in [3.8, 4) is 0 Å². The van der Waals surface area contributed by atoms with Gasteiger partial charge in [-0.25, -0.2) is 0 Å². The summed E-state index contributed by atoms with van der Waals surface area (Å²) >= 11 is 0. The summed E-state index contributed by atoms with van der Waals surface area (Å²) in [6.07, 6.45) is -0.713. The van der Waals surface area contributed by atoms with Crippen molar-refractivity contribution in [2.45, 2.75) is 24.8 Å². The van der Waals surface area contributed by atoms with E-state index in [1.165, 1.54) is 13.0 Å². The average molecular weight is 253 g/mol. The quantitative estimate of drug-likeness (QED) is 0.792. The summed E-state index contributed by atoms with van der Waals surface area (Å²) in [5.74, 6) is -0.197. The lowest BCUT2D eigenvalue weighted by Crippen LogP contribution is -2.21. The van der Waals surface area contributed by atoms with Gasteiger partial charge in [-0.3, -0.25) is 4.79 Å². The van der Waals surface area contributed by atoms with Crippen LogP contribution in [0, 0.1) is 0 Å². The van der Waals surface area contributed by atoms with E-state index in [1.54, 1.807) is 25.1 Å². The van der Waals surface area contributed by atoms with E-state index >= 15 is 0 Å². The van der Waals surface area contributed by atoms with Crippen molar-refractivity contribution in [3.05, 3.63) is 29.8 Å². The van der Waals surface area contributed by atoms with E-state index in [9.17, 15) is 13.2 Å². The Morgan fingerprint density at radius 1 is 1.35 bits per heavy atom. The van der Waals surface area contributed by atoms with Crippen LogP contribution in [-0.2, 0) is 19.6 Å². The number of hydrogen-bond acceptors (Lipinski definition) is 4. The molecule has 1 aliphatic heterocycles. The third-order valence-corrected chi connectivity index (χ3v) is 3.78. The highest BCUT2D eigenvalue weighted by Gasteiger charge is 2.30. The molecular weight excluding hydrogens is 242 g/mol. The first-order valence-corrected chi connectivity index (χ1v) is 6.47. The normalized spacial score (nSPS) is 18.1. The summed E-state index contributed by atoms with van der Waals surface area (Å²) in [6, 6.07) is 6.37. The van der Waals surface area contributed by atoms with Crippen molar-refractivity contribution in [1.29, 1.82) is 0 Å². The van der Waals surface area contributed by atoms with Crippen LogP contribution < -0.4 is 0 Å². The number of ether oxygens (including phenoxy) is 1. The van der Waals surface area contributed by atoms with E-state index in [2.05, 4.69) is 4.40 Å². The Balaban J connectivity index is 2.42. The first kappa shape index (κ1) is 11.8. The Morgan fingerprint density at radius 2 is 2.00 bits per heavy atom. The summed E-state index contributed by atoms with van der Waals surface area (Å²) in [5, 5.41) is 0. The van der Waals surface area contributed by atoms with Crippen LogP contribution in [0.2, 0.25) is 0 Å². The number of benzene rings is 1. The van der Waals surface area contributed by atoms with E-state index in [4.69, 9.17) is 4.74 Å². The minimum atomic E-state index is -3.67. The lowest BCUT2D eigenvalue weighted by Gasteiger charge is -2.10. The lowest BCUT2D eigenvalue weighted by atomic mass is 10.2. The number of sulfonamides is 1. The molecule has 1 atom stereocenters. The van der Waals surface area contributed by atoms with Gasteiger partial charge in [0.05, 0.1) is 5.56 Å². The van der Waals surface area contributed by atoms with Crippen molar-refractivity contribution < 1.29 is 17.9 Å². The van der Waals surface area contributed by atoms with E-state index in [0.717, 1.165) is 0 Å². The molecule has 0 fully saturated rings. The van der Waals surface area contributed by atoms with Crippen LogP contribution in [-0.4, -0.2) is 26.2 Å². The van der Waals surface area contributed by atoms with Gasteiger partial charge in [0.25, 0.3) is 10.0 Å². The maximum atomic E-state index is 11.7. The van der Waals surface area contributed by atoms with Crippen molar-refractivity contribution in [2.75, 3.05) is 0 Å². The number of nitrogens with zero attached hydrogens (tertiary/aromatic N) is 1. The van der Waals surface area contributed by atoms with Gasteiger partial charge < -0.3 is 4.74 Å². The molecule has 0 radical (unpaired) electrons. The second kappa shape index (κ2) is 3.96. The topological polar surface area (TPSA) is 72.8 Å². The number of carbonyl (C=O) groups is 1. The Kier molecular flexibility index (Phi) is 2.74. The molecule has 1 aliphatic rings. The molecule has 0 saturated carbocycles. The van der Waals surface area contributed by atoms with Crippen molar-refractivity contribution in [1.82, 2.24) is 0 Å². The van der Waals surface area contributed by atoms with Gasteiger partial charge in [-0.15, -0.1) is 4.40 Å². The largest absolute Gasteiger partial charge is 0.466 e. The van der Waals surface area contributed by atoms with E-state index in [-0.39, 0.29) is 16.6 Å². The number of ketones is 1. The first-order chi connectivity index (χ1) is 7.92. The standard InChI is InChI=1S/C11H11NO4S/c1-7(13)8(2)16-11-9-5-3-4-6-10(9)17(14,15)12-11/h3-6,8H,1-2H3/t8-/m0/s1. The molecule has 0 saturated heterocycles. The molecule has 0 aromatic heterocycles. The molecule has 2 rings (SSSR count). The highest BCUT2D eigenvalue weighted by Crippen LogP contribution is 2.26. The predicted molar refractivity (Wildman–Crippen MR) is 61.4 cm³/mol. The maximum Gasteiger partial charge on any atom is 0.286 e. The van der Waals surface area contributed by atoms with Crippen LogP contribution in [0.4, 0.5) is 0 Å². The summed E-state index contributed by atoms with van der Waals surface area (Å²) in [5.41, 5.74) is 0.403. The predicted octanol–water partition coefficient (Wildman–Crippen LogP) is 1.13. The monoisotopic (exact) mass is 253 g/mol. The molecule has 6 heteroatoms. The van der Waals surface area contributed by atoms with E-state index < -0.39 is 16.1 Å². The van der Waals surface area contributed by atoms with Crippen LogP contribution in [0.5, 0.6) is 0 Å². The van der Waals surface area contributed by atoms with E-state index in [1.807, 2.05) is 0 Å². The van der Waals surface area contributed by atoms with Crippen LogP contribution in [0.15, 0.2) is 33.6 Å². The number of rotatable bonds is 2. The smallest absolute Gasteiger partial charge is 0.286 e. The fraction of sp³-hybridized carbons (Fsp3) is 0.273. The van der Waals surface area contributed by atoms with Crippen molar-refractivity contribution >= 4 is 21.7 Å². The SMILES string of the molecule is CC(=O)[C@H](C)OC1=NS(=O)(=O)c2ccccc21. The van der Waals surface area contributed by atoms with Gasteiger partial charge in [0, 0.05) is 0 Å². The molecule has 0 aliphatic carbocycles. The Morgan fingerprint density at radius 3 is 2.65 bits per heavy atom. The minimum Gasteiger partial charge on any atom is -0.466 e. The first-order valence-electron chi connectivity index (χ1n) is 5.03. The maximum absolute atomic E-state index is 11.7. The van der Waals surface area contributed by atoms with Gasteiger partial charge in [-0.2, -0.15) is 8.42 Å². The highest BCUT2D eigenvalue weighted by molar-refractivity contribution is 7.90. The molecule has 17 heavy (non-hydrogen) atoms. The fourth-order valence-electron chi connectivity index (χ4n) is 1.41. The highest BCUT2D eigenvalue weighted by atomic mass is 32.2. The van der Waals surface area contributed by atoms with Gasteiger partial charge in [0.1, 0.15) is 4.90 Å². The minimum absolute atomic E-state index is 0.0108. The second-order valence-electron chi connectivity index (χ2n) is 3.74. The van der Waals surface area contributed by atoms with E-state index in [0.29, 0.717) is 5.56 Å². The summed E-state index contributed by atoms with van der Waals surface area (Å²) < 4.78 is 32.1. The van der Waals surface area contributed by atoms with Gasteiger partial charge in [0.15, 0.2) is 11.9 Å². The molecular formula is C11H11NO4S. The average Bonchev–Trinajstić information content (AvgIpc) is 2.51. The molecule has 5 nitrogen and oxygen atoms in total. The Bertz CT molecular complexity index is 604. The molecule has 0 spiro atoms. The lowest BCUT2D eigenvalue weighted by molar-refractivity contribution is -0.123. The molecule has 0 unspecified atom stereocenters. The molecule has 0 amide bonds. The van der Waals surface area contributed by atoms with Crippen molar-refractivity contribution in [2.24, 2.45) is 4.40 Å². The van der Waals surface area contributed by atoms with Crippen LogP contribution in [0.3, 0.4) is 0 Å². The molecule has 1 aromatic rings. The Hall–Kier alpha value is -1.69. The van der Waals surface area contributed by atoms with Crippen LogP contribution in [0.1, 0.15) is 19.4 Å². The third-order valence-electron chi connectivity index (χ3n) is 2.46. The zero-order chi connectivity index (χ0) is 12.6.